The number of anilines is 1. The summed E-state index contributed by atoms with van der Waals surface area (Å²) in [4.78, 5) is 6.74. The van der Waals surface area contributed by atoms with Crippen molar-refractivity contribution in [1.29, 1.82) is 0 Å². The third-order valence-corrected chi connectivity index (χ3v) is 8.00. The number of hydrogen-bond acceptors (Lipinski definition) is 5. The first-order chi connectivity index (χ1) is 12.8. The van der Waals surface area contributed by atoms with Crippen LogP contribution in [0.3, 0.4) is 0 Å². The van der Waals surface area contributed by atoms with Gasteiger partial charge in [0.15, 0.2) is 15.0 Å². The third kappa shape index (κ3) is 3.99. The van der Waals surface area contributed by atoms with Crippen molar-refractivity contribution < 1.29 is 8.42 Å². The molecule has 0 bridgehead atoms. The lowest BCUT2D eigenvalue weighted by Crippen LogP contribution is -2.39. The van der Waals surface area contributed by atoms with Crippen LogP contribution in [0, 0.1) is 6.92 Å². The topological polar surface area (TPSA) is 49.7 Å². The molecule has 0 N–H and O–H groups in total. The van der Waals surface area contributed by atoms with E-state index in [0.29, 0.717) is 10.0 Å². The molecule has 4 rings (SSSR count). The van der Waals surface area contributed by atoms with Crippen LogP contribution in [-0.2, 0) is 15.6 Å². The van der Waals surface area contributed by atoms with Crippen molar-refractivity contribution in [2.24, 2.45) is 4.99 Å². The highest BCUT2D eigenvalue weighted by molar-refractivity contribution is 8.13. The number of fused-ring (bicyclic) bond motifs is 1. The lowest BCUT2D eigenvalue weighted by atomic mass is 10.1. The van der Waals surface area contributed by atoms with E-state index >= 15 is 0 Å². The number of benzene rings is 2. The Morgan fingerprint density at radius 2 is 1.85 bits per heavy atom. The van der Waals surface area contributed by atoms with Crippen LogP contribution < -0.4 is 4.90 Å². The summed E-state index contributed by atoms with van der Waals surface area (Å²) in [6.45, 7) is 2.09. The number of nitrogens with zero attached hydrogens (tertiary/aromatic N) is 2. The molecular weight excluding hydrogens is 423 g/mol. The van der Waals surface area contributed by atoms with Crippen molar-refractivity contribution in [2.75, 3.05) is 16.4 Å². The van der Waals surface area contributed by atoms with Crippen LogP contribution in [-0.4, -0.2) is 37.2 Å². The summed E-state index contributed by atoms with van der Waals surface area (Å²) in [5, 5.41) is 1.86. The van der Waals surface area contributed by atoms with E-state index in [4.69, 9.17) is 28.2 Å². The molecule has 0 spiro atoms. The first kappa shape index (κ1) is 19.1. The number of amidine groups is 1. The third-order valence-electron chi connectivity index (χ3n) is 4.85. The molecule has 2 aromatic carbocycles. The van der Waals surface area contributed by atoms with Gasteiger partial charge >= 0.3 is 0 Å². The number of aliphatic imine (C=N–C) groups is 1. The highest BCUT2D eigenvalue weighted by Crippen LogP contribution is 2.38. The molecule has 0 amide bonds. The monoisotopic (exact) mass is 440 g/mol. The number of sulfone groups is 1. The molecular formula is C19H18Cl2N2O2S2. The molecule has 4 nitrogen and oxygen atoms in total. The number of rotatable bonds is 3. The van der Waals surface area contributed by atoms with E-state index in [1.54, 1.807) is 17.8 Å². The zero-order chi connectivity index (χ0) is 19.2. The van der Waals surface area contributed by atoms with Crippen molar-refractivity contribution >= 4 is 55.7 Å². The van der Waals surface area contributed by atoms with E-state index < -0.39 is 9.84 Å². The van der Waals surface area contributed by atoms with Gasteiger partial charge in [0.25, 0.3) is 0 Å². The maximum absolute atomic E-state index is 12.1. The Kier molecular flexibility index (Phi) is 5.18. The molecule has 0 aliphatic carbocycles. The van der Waals surface area contributed by atoms with Crippen LogP contribution >= 0.6 is 35.0 Å². The van der Waals surface area contributed by atoms with Gasteiger partial charge in [-0.05, 0) is 36.2 Å². The number of halogens is 2. The van der Waals surface area contributed by atoms with Gasteiger partial charge in [-0.1, -0.05) is 59.2 Å². The van der Waals surface area contributed by atoms with Crippen molar-refractivity contribution in [3.05, 3.63) is 63.6 Å². The fraction of sp³-hybridized carbons (Fsp3) is 0.316. The summed E-state index contributed by atoms with van der Waals surface area (Å²) in [6, 6.07) is 13.1. The molecule has 27 heavy (non-hydrogen) atoms. The van der Waals surface area contributed by atoms with Gasteiger partial charge in [-0.25, -0.2) is 8.42 Å². The minimum atomic E-state index is -3.09. The molecule has 142 valence electrons. The lowest BCUT2D eigenvalue weighted by Gasteiger charge is -2.27. The maximum Gasteiger partial charge on any atom is 0.164 e. The molecule has 0 saturated carbocycles. The lowest BCUT2D eigenvalue weighted by molar-refractivity contribution is 0.601. The molecule has 2 aromatic rings. The SMILES string of the molecule is Cc1ccccc1CSC1=N[C@@H]2CS(=O)(=O)C[C@H]2N1c1cc(Cl)cc(Cl)c1. The van der Waals surface area contributed by atoms with Crippen LogP contribution in [0.1, 0.15) is 11.1 Å². The van der Waals surface area contributed by atoms with Crippen LogP contribution in [0.2, 0.25) is 10.0 Å². The quantitative estimate of drug-likeness (QED) is 0.700. The number of aryl methyl sites for hydroxylation is 1. The zero-order valence-electron chi connectivity index (χ0n) is 14.6. The van der Waals surface area contributed by atoms with E-state index in [1.165, 1.54) is 11.1 Å². The average Bonchev–Trinajstić information content (AvgIpc) is 3.04. The fourth-order valence-electron chi connectivity index (χ4n) is 3.53. The van der Waals surface area contributed by atoms with Crippen LogP contribution in [0.5, 0.6) is 0 Å². The molecule has 2 aliphatic rings. The first-order valence-corrected chi connectivity index (χ1v) is 12.1. The molecule has 0 aromatic heterocycles. The highest BCUT2D eigenvalue weighted by atomic mass is 35.5. The van der Waals surface area contributed by atoms with Crippen molar-refractivity contribution in [2.45, 2.75) is 24.8 Å². The Labute approximate surface area is 173 Å². The van der Waals surface area contributed by atoms with Gasteiger partial charge < -0.3 is 4.90 Å². The fourth-order valence-corrected chi connectivity index (χ4v) is 7.09. The highest BCUT2D eigenvalue weighted by Gasteiger charge is 2.47. The predicted molar refractivity (Wildman–Crippen MR) is 115 cm³/mol. The Morgan fingerprint density at radius 3 is 2.56 bits per heavy atom. The minimum Gasteiger partial charge on any atom is -0.315 e. The Bertz CT molecular complexity index is 1000. The molecule has 2 atom stereocenters. The Morgan fingerprint density at radius 1 is 1.15 bits per heavy atom. The van der Waals surface area contributed by atoms with Crippen LogP contribution in [0.4, 0.5) is 5.69 Å². The summed E-state index contributed by atoms with van der Waals surface area (Å²) in [7, 11) is -3.09. The summed E-state index contributed by atoms with van der Waals surface area (Å²) < 4.78 is 24.3. The van der Waals surface area contributed by atoms with E-state index in [1.807, 2.05) is 29.2 Å². The molecule has 1 fully saturated rings. The van der Waals surface area contributed by atoms with Gasteiger partial charge in [-0.15, -0.1) is 0 Å². The molecule has 2 heterocycles. The zero-order valence-corrected chi connectivity index (χ0v) is 17.7. The second kappa shape index (κ2) is 7.32. The van der Waals surface area contributed by atoms with Crippen LogP contribution in [0.25, 0.3) is 0 Å². The minimum absolute atomic E-state index is 0.0941. The van der Waals surface area contributed by atoms with E-state index in [-0.39, 0.29) is 23.6 Å². The van der Waals surface area contributed by atoms with Gasteiger partial charge in [-0.2, -0.15) is 0 Å². The molecule has 0 unspecified atom stereocenters. The second-order valence-corrected chi connectivity index (χ2v) is 10.8. The summed E-state index contributed by atoms with van der Waals surface area (Å²) in [6.07, 6.45) is 0. The van der Waals surface area contributed by atoms with Crippen molar-refractivity contribution in [3.8, 4) is 0 Å². The van der Waals surface area contributed by atoms with Gasteiger partial charge in [0.2, 0.25) is 0 Å². The van der Waals surface area contributed by atoms with Gasteiger partial charge in [0.05, 0.1) is 23.6 Å². The average molecular weight is 441 g/mol. The summed E-state index contributed by atoms with van der Waals surface area (Å²) >= 11 is 14.0. The molecule has 2 aliphatic heterocycles. The smallest absolute Gasteiger partial charge is 0.164 e. The van der Waals surface area contributed by atoms with E-state index in [9.17, 15) is 8.42 Å². The largest absolute Gasteiger partial charge is 0.315 e. The van der Waals surface area contributed by atoms with Gasteiger partial charge in [0, 0.05) is 21.5 Å². The Hall–Kier alpha value is -1.21. The standard InChI is InChI=1S/C19H18Cl2N2O2S2/c1-12-4-2-3-5-13(12)9-26-19-22-17-10-27(24,25)11-18(17)23(19)16-7-14(20)6-15(21)8-16/h2-8,17-18H,9-11H2,1H3/t17-,18-/m1/s1. The predicted octanol–water partition coefficient (Wildman–Crippen LogP) is 4.58. The maximum atomic E-state index is 12.1. The molecule has 0 radical (unpaired) electrons. The first-order valence-electron chi connectivity index (χ1n) is 8.53. The normalized spacial score (nSPS) is 23.4. The van der Waals surface area contributed by atoms with Gasteiger partial charge in [-0.3, -0.25) is 4.99 Å². The Balaban J connectivity index is 1.66. The van der Waals surface area contributed by atoms with E-state index in [2.05, 4.69) is 19.1 Å². The van der Waals surface area contributed by atoms with Gasteiger partial charge in [0.1, 0.15) is 0 Å². The molecule has 1 saturated heterocycles. The number of thioether (sulfide) groups is 1. The molecule has 8 heteroatoms. The van der Waals surface area contributed by atoms with Crippen molar-refractivity contribution in [1.82, 2.24) is 0 Å². The summed E-state index contributed by atoms with van der Waals surface area (Å²) in [5.74, 6) is 0.957. The van der Waals surface area contributed by atoms with Crippen molar-refractivity contribution in [3.63, 3.8) is 0 Å². The van der Waals surface area contributed by atoms with Crippen LogP contribution in [0.15, 0.2) is 47.5 Å². The van der Waals surface area contributed by atoms with E-state index in [0.717, 1.165) is 16.6 Å². The second-order valence-electron chi connectivity index (χ2n) is 6.84. The number of hydrogen-bond donors (Lipinski definition) is 0. The summed E-state index contributed by atoms with van der Waals surface area (Å²) in [5.41, 5.74) is 3.25.